The lowest BCUT2D eigenvalue weighted by Crippen LogP contribution is -2.56. The van der Waals surface area contributed by atoms with E-state index in [0.29, 0.717) is 12.8 Å². The molecule has 1 saturated heterocycles. The van der Waals surface area contributed by atoms with Crippen LogP contribution in [0.3, 0.4) is 0 Å². The molecule has 130 valence electrons. The highest BCUT2D eigenvalue weighted by Crippen LogP contribution is 2.07. The minimum Gasteiger partial charge on any atom is -0.394 e. The second-order valence-corrected chi connectivity index (χ2v) is 6.00. The topological polar surface area (TPSA) is 151 Å². The van der Waals surface area contributed by atoms with Crippen molar-refractivity contribution in [2.75, 3.05) is 6.61 Å². The van der Waals surface area contributed by atoms with E-state index in [1.165, 1.54) is 0 Å². The first-order chi connectivity index (χ1) is 10.7. The van der Waals surface area contributed by atoms with Gasteiger partial charge in [-0.3, -0.25) is 19.2 Å². The number of rotatable bonds is 8. The molecule has 1 aliphatic rings. The fraction of sp³-hybridized carbons (Fsp3) is 0.714. The lowest BCUT2D eigenvalue weighted by atomic mass is 10.0. The number of nitrogens with two attached hydrogens (primary N) is 1. The van der Waals surface area contributed by atoms with E-state index in [9.17, 15) is 24.3 Å². The predicted molar refractivity (Wildman–Crippen MR) is 80.8 cm³/mol. The number of hydrogen-bond donors (Lipinski definition) is 5. The maximum Gasteiger partial charge on any atom is 0.245 e. The Balaban J connectivity index is 2.61. The van der Waals surface area contributed by atoms with Gasteiger partial charge < -0.3 is 26.8 Å². The molecule has 0 aromatic heterocycles. The summed E-state index contributed by atoms with van der Waals surface area (Å²) in [5.74, 6) is -2.04. The van der Waals surface area contributed by atoms with Crippen molar-refractivity contribution >= 4 is 23.6 Å². The third-order valence-corrected chi connectivity index (χ3v) is 3.49. The van der Waals surface area contributed by atoms with Crippen LogP contribution in [0.4, 0.5) is 0 Å². The standard InChI is InChI=1S/C14H24N4O5/c1-7(2)5-9(12(15)21)17-14(23)10(6-19)18-13(22)8-3-4-11(20)16-8/h7-10,19H,3-6H2,1-2H3,(H2,15,21)(H,16,20)(H,17,23)(H,18,22)/t8-,9+,10-/m0/s1. The molecule has 4 amide bonds. The Morgan fingerprint density at radius 1 is 1.30 bits per heavy atom. The summed E-state index contributed by atoms with van der Waals surface area (Å²) in [7, 11) is 0. The van der Waals surface area contributed by atoms with Crippen LogP contribution >= 0.6 is 0 Å². The quantitative estimate of drug-likeness (QED) is 0.341. The number of primary amides is 1. The molecule has 0 radical (unpaired) electrons. The van der Waals surface area contributed by atoms with Gasteiger partial charge in [0.05, 0.1) is 6.61 Å². The van der Waals surface area contributed by atoms with E-state index in [4.69, 9.17) is 5.73 Å². The highest BCUT2D eigenvalue weighted by atomic mass is 16.3. The summed E-state index contributed by atoms with van der Waals surface area (Å²) < 4.78 is 0. The van der Waals surface area contributed by atoms with E-state index in [-0.39, 0.29) is 18.2 Å². The number of carbonyl (C=O) groups is 4. The minimum atomic E-state index is -1.21. The highest BCUT2D eigenvalue weighted by Gasteiger charge is 2.31. The van der Waals surface area contributed by atoms with E-state index < -0.39 is 42.5 Å². The summed E-state index contributed by atoms with van der Waals surface area (Å²) >= 11 is 0. The van der Waals surface area contributed by atoms with E-state index in [1.807, 2.05) is 13.8 Å². The first-order valence-electron chi connectivity index (χ1n) is 7.54. The zero-order valence-electron chi connectivity index (χ0n) is 13.3. The van der Waals surface area contributed by atoms with Crippen molar-refractivity contribution in [1.82, 2.24) is 16.0 Å². The van der Waals surface area contributed by atoms with Gasteiger partial charge in [-0.1, -0.05) is 13.8 Å². The first-order valence-corrected chi connectivity index (χ1v) is 7.54. The van der Waals surface area contributed by atoms with E-state index in [2.05, 4.69) is 16.0 Å². The Labute approximate surface area is 134 Å². The smallest absolute Gasteiger partial charge is 0.245 e. The van der Waals surface area contributed by atoms with Crippen molar-refractivity contribution in [3.05, 3.63) is 0 Å². The van der Waals surface area contributed by atoms with Crippen LogP contribution < -0.4 is 21.7 Å². The molecule has 0 saturated carbocycles. The molecule has 0 unspecified atom stereocenters. The Hall–Kier alpha value is -2.16. The van der Waals surface area contributed by atoms with Gasteiger partial charge in [-0.2, -0.15) is 0 Å². The second kappa shape index (κ2) is 8.47. The molecule has 1 aliphatic heterocycles. The van der Waals surface area contributed by atoms with Crippen LogP contribution in [0.25, 0.3) is 0 Å². The molecule has 0 aromatic rings. The third kappa shape index (κ3) is 5.85. The number of amides is 4. The first kappa shape index (κ1) is 18.9. The average molecular weight is 328 g/mol. The van der Waals surface area contributed by atoms with Crippen LogP contribution in [0.15, 0.2) is 0 Å². The molecule has 0 bridgehead atoms. The molecule has 0 spiro atoms. The lowest BCUT2D eigenvalue weighted by molar-refractivity contribution is -0.133. The van der Waals surface area contributed by atoms with Gasteiger partial charge in [0, 0.05) is 6.42 Å². The predicted octanol–water partition coefficient (Wildman–Crippen LogP) is -2.24. The number of nitrogens with one attached hydrogen (secondary N) is 3. The van der Waals surface area contributed by atoms with Gasteiger partial charge in [0.15, 0.2) is 0 Å². The van der Waals surface area contributed by atoms with Gasteiger partial charge in [-0.05, 0) is 18.8 Å². The molecule has 1 fully saturated rings. The summed E-state index contributed by atoms with van der Waals surface area (Å²) in [5.41, 5.74) is 5.24. The Morgan fingerprint density at radius 3 is 2.39 bits per heavy atom. The molecule has 9 heteroatoms. The molecular formula is C14H24N4O5. The normalized spacial score (nSPS) is 19.8. The molecule has 0 aliphatic carbocycles. The van der Waals surface area contributed by atoms with Crippen LogP contribution in [0, 0.1) is 5.92 Å². The molecule has 6 N–H and O–H groups in total. The zero-order chi connectivity index (χ0) is 17.6. The van der Waals surface area contributed by atoms with Crippen molar-refractivity contribution < 1.29 is 24.3 Å². The van der Waals surface area contributed by atoms with Crippen molar-refractivity contribution in [1.29, 1.82) is 0 Å². The fourth-order valence-corrected chi connectivity index (χ4v) is 2.27. The number of carbonyl (C=O) groups excluding carboxylic acids is 4. The molecule has 23 heavy (non-hydrogen) atoms. The molecule has 9 nitrogen and oxygen atoms in total. The largest absolute Gasteiger partial charge is 0.394 e. The molecule has 1 heterocycles. The van der Waals surface area contributed by atoms with Crippen LogP contribution in [-0.2, 0) is 19.2 Å². The summed E-state index contributed by atoms with van der Waals surface area (Å²) in [5, 5.41) is 16.5. The third-order valence-electron chi connectivity index (χ3n) is 3.49. The maximum atomic E-state index is 12.1. The summed E-state index contributed by atoms with van der Waals surface area (Å²) in [4.78, 5) is 46.5. The van der Waals surface area contributed by atoms with Crippen molar-refractivity contribution in [3.8, 4) is 0 Å². The van der Waals surface area contributed by atoms with E-state index in [0.717, 1.165) is 0 Å². The lowest BCUT2D eigenvalue weighted by Gasteiger charge is -2.22. The Morgan fingerprint density at radius 2 is 1.96 bits per heavy atom. The van der Waals surface area contributed by atoms with Crippen molar-refractivity contribution in [3.63, 3.8) is 0 Å². The second-order valence-electron chi connectivity index (χ2n) is 6.00. The minimum absolute atomic E-state index is 0.128. The number of aliphatic hydroxyl groups excluding tert-OH is 1. The van der Waals surface area contributed by atoms with Gasteiger partial charge in [0.25, 0.3) is 0 Å². The van der Waals surface area contributed by atoms with E-state index >= 15 is 0 Å². The Bertz CT molecular complexity index is 480. The van der Waals surface area contributed by atoms with Crippen molar-refractivity contribution in [2.45, 2.75) is 51.2 Å². The van der Waals surface area contributed by atoms with Gasteiger partial charge in [-0.15, -0.1) is 0 Å². The monoisotopic (exact) mass is 328 g/mol. The SMILES string of the molecule is CC(C)C[C@@H](NC(=O)[C@H](CO)NC(=O)[C@@H]1CCC(=O)N1)C(N)=O. The number of hydrogen-bond acceptors (Lipinski definition) is 5. The summed E-state index contributed by atoms with van der Waals surface area (Å²) in [6.45, 7) is 3.11. The molecule has 0 aromatic carbocycles. The van der Waals surface area contributed by atoms with Crippen LogP contribution in [0.1, 0.15) is 33.1 Å². The zero-order valence-corrected chi connectivity index (χ0v) is 13.3. The summed E-state index contributed by atoms with van der Waals surface area (Å²) in [6, 6.07) is -2.80. The average Bonchev–Trinajstić information content (AvgIpc) is 2.89. The van der Waals surface area contributed by atoms with Crippen LogP contribution in [-0.4, -0.2) is 53.5 Å². The summed E-state index contributed by atoms with van der Waals surface area (Å²) in [6.07, 6.45) is 0.930. The van der Waals surface area contributed by atoms with Crippen LogP contribution in [0.5, 0.6) is 0 Å². The van der Waals surface area contributed by atoms with Gasteiger partial charge in [0.2, 0.25) is 23.6 Å². The maximum absolute atomic E-state index is 12.1. The highest BCUT2D eigenvalue weighted by molar-refractivity contribution is 5.95. The molecular weight excluding hydrogens is 304 g/mol. The van der Waals surface area contributed by atoms with Gasteiger partial charge in [0.1, 0.15) is 18.1 Å². The Kier molecular flexibility index (Phi) is 6.95. The molecule has 3 atom stereocenters. The van der Waals surface area contributed by atoms with E-state index in [1.54, 1.807) is 0 Å². The van der Waals surface area contributed by atoms with Gasteiger partial charge in [-0.25, -0.2) is 0 Å². The fourth-order valence-electron chi connectivity index (χ4n) is 2.27. The molecule has 1 rings (SSSR count). The van der Waals surface area contributed by atoms with Crippen LogP contribution in [0.2, 0.25) is 0 Å². The van der Waals surface area contributed by atoms with Gasteiger partial charge >= 0.3 is 0 Å². The number of aliphatic hydroxyl groups is 1. The van der Waals surface area contributed by atoms with Crippen molar-refractivity contribution in [2.24, 2.45) is 11.7 Å².